The first-order valence-corrected chi connectivity index (χ1v) is 6.93. The topological polar surface area (TPSA) is 117 Å². The molecule has 1 N–H and O–H groups in total. The van der Waals surface area contributed by atoms with Crippen LogP contribution in [0.2, 0.25) is 0 Å². The Labute approximate surface area is 131 Å². The predicted molar refractivity (Wildman–Crippen MR) is 77.6 cm³/mol. The normalized spacial score (nSPS) is 12.7. The highest BCUT2D eigenvalue weighted by molar-refractivity contribution is 5.96. The molecule has 0 aliphatic carbocycles. The number of nitro groups is 1. The fourth-order valence-electron chi connectivity index (χ4n) is 1.97. The van der Waals surface area contributed by atoms with E-state index in [2.05, 4.69) is 5.32 Å². The Balaban J connectivity index is 2.18. The molecule has 0 aromatic heterocycles. The van der Waals surface area contributed by atoms with Crippen LogP contribution in [0.15, 0.2) is 12.1 Å². The number of amides is 1. The molecule has 1 heterocycles. The molecule has 1 aromatic rings. The molecule has 0 bridgehead atoms. The summed E-state index contributed by atoms with van der Waals surface area (Å²) in [5, 5.41) is 13.7. The summed E-state index contributed by atoms with van der Waals surface area (Å²) in [7, 11) is 0. The van der Waals surface area contributed by atoms with Crippen molar-refractivity contribution in [1.29, 1.82) is 0 Å². The quantitative estimate of drug-likeness (QED) is 0.488. The predicted octanol–water partition coefficient (Wildman–Crippen LogP) is 1.05. The van der Waals surface area contributed by atoms with Crippen LogP contribution in [0.4, 0.5) is 5.69 Å². The standard InChI is InChI=1S/C14H16N2O7/c1-8(2)15-13(17)7-23-14(18)9-5-11-12(22-4-3-21-11)6-10(9)16(19)20/h5-6,8H,3-4,7H2,1-2H3,(H,15,17). The summed E-state index contributed by atoms with van der Waals surface area (Å²) in [6, 6.07) is 2.19. The van der Waals surface area contributed by atoms with Crippen LogP contribution in [0.5, 0.6) is 11.5 Å². The lowest BCUT2D eigenvalue weighted by atomic mass is 10.1. The van der Waals surface area contributed by atoms with E-state index in [0.717, 1.165) is 6.07 Å². The van der Waals surface area contributed by atoms with E-state index in [1.807, 2.05) is 0 Å². The number of benzene rings is 1. The zero-order chi connectivity index (χ0) is 17.0. The number of nitro benzene ring substituents is 1. The maximum absolute atomic E-state index is 12.0. The highest BCUT2D eigenvalue weighted by Crippen LogP contribution is 2.36. The Hall–Kier alpha value is -2.84. The second-order valence-corrected chi connectivity index (χ2v) is 5.07. The number of nitrogens with zero attached hydrogens (tertiary/aromatic N) is 1. The number of carbonyl (C=O) groups excluding carboxylic acids is 2. The number of hydrogen-bond donors (Lipinski definition) is 1. The Morgan fingerprint density at radius 2 is 1.91 bits per heavy atom. The third-order valence-electron chi connectivity index (χ3n) is 2.86. The molecule has 0 radical (unpaired) electrons. The number of nitrogens with one attached hydrogen (secondary N) is 1. The fourth-order valence-corrected chi connectivity index (χ4v) is 1.97. The molecule has 124 valence electrons. The fraction of sp³-hybridized carbons (Fsp3) is 0.429. The van der Waals surface area contributed by atoms with E-state index in [4.69, 9.17) is 14.2 Å². The van der Waals surface area contributed by atoms with Crippen LogP contribution in [0.1, 0.15) is 24.2 Å². The van der Waals surface area contributed by atoms with E-state index in [0.29, 0.717) is 0 Å². The molecule has 2 rings (SSSR count). The summed E-state index contributed by atoms with van der Waals surface area (Å²) in [5.41, 5.74) is -0.764. The van der Waals surface area contributed by atoms with Gasteiger partial charge in [-0.1, -0.05) is 0 Å². The lowest BCUT2D eigenvalue weighted by Crippen LogP contribution is -2.34. The lowest BCUT2D eigenvalue weighted by molar-refractivity contribution is -0.385. The third-order valence-corrected chi connectivity index (χ3v) is 2.86. The summed E-state index contributed by atoms with van der Waals surface area (Å²) in [6.45, 7) is 3.53. The first-order valence-electron chi connectivity index (χ1n) is 6.93. The smallest absolute Gasteiger partial charge is 0.345 e. The molecule has 1 aromatic carbocycles. The molecule has 0 fully saturated rings. The molecule has 1 amide bonds. The Morgan fingerprint density at radius 3 is 2.48 bits per heavy atom. The Morgan fingerprint density at radius 1 is 1.30 bits per heavy atom. The van der Waals surface area contributed by atoms with Gasteiger partial charge in [0, 0.05) is 12.1 Å². The van der Waals surface area contributed by atoms with Crippen molar-refractivity contribution >= 4 is 17.6 Å². The zero-order valence-corrected chi connectivity index (χ0v) is 12.7. The lowest BCUT2D eigenvalue weighted by Gasteiger charge is -2.18. The molecule has 9 nitrogen and oxygen atoms in total. The van der Waals surface area contributed by atoms with Crippen LogP contribution in [0.25, 0.3) is 0 Å². The molecule has 0 atom stereocenters. The van der Waals surface area contributed by atoms with Gasteiger partial charge in [-0.3, -0.25) is 14.9 Å². The first kappa shape index (κ1) is 16.5. The molecule has 9 heteroatoms. The average Bonchev–Trinajstić information content (AvgIpc) is 2.50. The van der Waals surface area contributed by atoms with Crippen molar-refractivity contribution < 1.29 is 28.7 Å². The van der Waals surface area contributed by atoms with Crippen LogP contribution >= 0.6 is 0 Å². The van der Waals surface area contributed by atoms with Crippen molar-refractivity contribution in [2.45, 2.75) is 19.9 Å². The van der Waals surface area contributed by atoms with Crippen molar-refractivity contribution in [3.63, 3.8) is 0 Å². The van der Waals surface area contributed by atoms with Gasteiger partial charge >= 0.3 is 5.97 Å². The van der Waals surface area contributed by atoms with Gasteiger partial charge in [-0.05, 0) is 13.8 Å². The largest absolute Gasteiger partial charge is 0.486 e. The number of fused-ring (bicyclic) bond motifs is 1. The van der Waals surface area contributed by atoms with Gasteiger partial charge in [0.05, 0.1) is 11.0 Å². The molecule has 0 unspecified atom stereocenters. The summed E-state index contributed by atoms with van der Waals surface area (Å²) in [5.74, 6) is -1.06. The van der Waals surface area contributed by atoms with Crippen molar-refractivity contribution in [2.75, 3.05) is 19.8 Å². The van der Waals surface area contributed by atoms with Gasteiger partial charge in [0.1, 0.15) is 18.8 Å². The minimum absolute atomic E-state index is 0.107. The van der Waals surface area contributed by atoms with Gasteiger partial charge < -0.3 is 19.5 Å². The Kier molecular flexibility index (Phi) is 4.99. The van der Waals surface area contributed by atoms with Crippen LogP contribution in [-0.4, -0.2) is 42.7 Å². The van der Waals surface area contributed by atoms with Crippen LogP contribution < -0.4 is 14.8 Å². The van der Waals surface area contributed by atoms with Gasteiger partial charge in [0.2, 0.25) is 0 Å². The maximum atomic E-state index is 12.0. The number of esters is 1. The van der Waals surface area contributed by atoms with E-state index in [9.17, 15) is 19.7 Å². The average molecular weight is 324 g/mol. The maximum Gasteiger partial charge on any atom is 0.345 e. The van der Waals surface area contributed by atoms with E-state index in [1.54, 1.807) is 13.8 Å². The highest BCUT2D eigenvalue weighted by atomic mass is 16.6. The van der Waals surface area contributed by atoms with E-state index in [1.165, 1.54) is 6.07 Å². The van der Waals surface area contributed by atoms with Gasteiger partial charge in [0.15, 0.2) is 18.1 Å². The SMILES string of the molecule is CC(C)NC(=O)COC(=O)c1cc2c(cc1[N+](=O)[O-])OCCO2. The number of rotatable bonds is 5. The van der Waals surface area contributed by atoms with Crippen molar-refractivity contribution in [1.82, 2.24) is 5.32 Å². The monoisotopic (exact) mass is 324 g/mol. The molecule has 23 heavy (non-hydrogen) atoms. The minimum atomic E-state index is -0.979. The Bertz CT molecular complexity index is 642. The molecule has 0 spiro atoms. The van der Waals surface area contributed by atoms with Gasteiger partial charge in [0.25, 0.3) is 11.6 Å². The van der Waals surface area contributed by atoms with E-state index < -0.39 is 29.1 Å². The van der Waals surface area contributed by atoms with Crippen molar-refractivity contribution in [2.24, 2.45) is 0 Å². The van der Waals surface area contributed by atoms with Crippen LogP contribution in [-0.2, 0) is 9.53 Å². The molecule has 0 saturated heterocycles. The zero-order valence-electron chi connectivity index (χ0n) is 12.7. The van der Waals surface area contributed by atoms with Crippen molar-refractivity contribution in [3.8, 4) is 11.5 Å². The number of ether oxygens (including phenoxy) is 3. The summed E-state index contributed by atoms with van der Waals surface area (Å²) in [4.78, 5) is 33.9. The highest BCUT2D eigenvalue weighted by Gasteiger charge is 2.27. The molecule has 1 aliphatic rings. The van der Waals surface area contributed by atoms with Gasteiger partial charge in [-0.15, -0.1) is 0 Å². The van der Waals surface area contributed by atoms with Crippen LogP contribution in [0.3, 0.4) is 0 Å². The molecule has 0 saturated carbocycles. The minimum Gasteiger partial charge on any atom is -0.486 e. The summed E-state index contributed by atoms with van der Waals surface area (Å²) >= 11 is 0. The summed E-state index contributed by atoms with van der Waals surface area (Å²) in [6.07, 6.45) is 0. The second kappa shape index (κ2) is 6.95. The molecular formula is C14H16N2O7. The van der Waals surface area contributed by atoms with E-state index in [-0.39, 0.29) is 36.3 Å². The summed E-state index contributed by atoms with van der Waals surface area (Å²) < 4.78 is 15.4. The molecular weight excluding hydrogens is 308 g/mol. The van der Waals surface area contributed by atoms with Crippen molar-refractivity contribution in [3.05, 3.63) is 27.8 Å². The first-order chi connectivity index (χ1) is 10.9. The van der Waals surface area contributed by atoms with Gasteiger partial charge in [-0.2, -0.15) is 0 Å². The van der Waals surface area contributed by atoms with Gasteiger partial charge in [-0.25, -0.2) is 4.79 Å². The van der Waals surface area contributed by atoms with Crippen LogP contribution in [0, 0.1) is 10.1 Å². The van der Waals surface area contributed by atoms with E-state index >= 15 is 0 Å². The third kappa shape index (κ3) is 4.09. The second-order valence-electron chi connectivity index (χ2n) is 5.07. The number of hydrogen-bond acceptors (Lipinski definition) is 7. The number of carbonyl (C=O) groups is 2. The molecule has 1 aliphatic heterocycles.